The number of rotatable bonds is 4. The van der Waals surface area contributed by atoms with Crippen molar-refractivity contribution in [3.8, 4) is 11.3 Å². The van der Waals surface area contributed by atoms with Crippen LogP contribution in [0.4, 0.5) is 19.0 Å². The van der Waals surface area contributed by atoms with Crippen LogP contribution in [-0.2, 0) is 6.18 Å². The van der Waals surface area contributed by atoms with Gasteiger partial charge in [0.2, 0.25) is 0 Å². The highest BCUT2D eigenvalue weighted by Gasteiger charge is 2.47. The average Bonchev–Trinajstić information content (AvgIpc) is 3.39. The number of hydrogen-bond donors (Lipinski definition) is 1. The fraction of sp³-hybridized carbons (Fsp3) is 0.333. The molecule has 33 heavy (non-hydrogen) atoms. The molecule has 4 heterocycles. The van der Waals surface area contributed by atoms with Gasteiger partial charge < -0.3 is 10.2 Å². The molecular formula is C24H22F3N5O. The fourth-order valence-corrected chi connectivity index (χ4v) is 4.84. The molecule has 170 valence electrons. The molecule has 1 amide bonds. The van der Waals surface area contributed by atoms with Crippen LogP contribution in [0.25, 0.3) is 11.3 Å². The van der Waals surface area contributed by atoms with Gasteiger partial charge in [-0.1, -0.05) is 6.07 Å². The minimum absolute atomic E-state index is 0.0783. The Balaban J connectivity index is 1.37. The van der Waals surface area contributed by atoms with Crippen LogP contribution < -0.4 is 5.32 Å². The number of likely N-dealkylation sites (tertiary alicyclic amines) is 1. The molecule has 0 radical (unpaired) electrons. The fourth-order valence-electron chi connectivity index (χ4n) is 4.84. The minimum atomic E-state index is -4.42. The van der Waals surface area contributed by atoms with Crippen molar-refractivity contribution in [2.45, 2.75) is 38.0 Å². The molecule has 0 spiro atoms. The van der Waals surface area contributed by atoms with Gasteiger partial charge in [-0.15, -0.1) is 0 Å². The Kier molecular flexibility index (Phi) is 5.26. The summed E-state index contributed by atoms with van der Waals surface area (Å²) in [5, 5.41) is 3.24. The molecule has 2 aliphatic rings. The molecule has 9 heteroatoms. The van der Waals surface area contributed by atoms with E-state index in [1.807, 2.05) is 42.2 Å². The molecule has 3 aromatic heterocycles. The topological polar surface area (TPSA) is 71.0 Å². The van der Waals surface area contributed by atoms with Gasteiger partial charge in [0.05, 0.1) is 17.3 Å². The van der Waals surface area contributed by atoms with E-state index in [4.69, 9.17) is 0 Å². The van der Waals surface area contributed by atoms with E-state index >= 15 is 0 Å². The Hall–Kier alpha value is -3.49. The quantitative estimate of drug-likeness (QED) is 0.626. The molecule has 1 aliphatic heterocycles. The first-order valence-electron chi connectivity index (χ1n) is 10.8. The van der Waals surface area contributed by atoms with Gasteiger partial charge in [-0.05, 0) is 62.1 Å². The number of anilines is 1. The van der Waals surface area contributed by atoms with Gasteiger partial charge in [-0.3, -0.25) is 9.78 Å². The summed E-state index contributed by atoms with van der Waals surface area (Å²) in [6.45, 7) is 2.48. The molecular weight excluding hydrogens is 431 g/mol. The van der Waals surface area contributed by atoms with E-state index in [9.17, 15) is 18.0 Å². The lowest BCUT2D eigenvalue weighted by molar-refractivity contribution is -0.137. The zero-order valence-electron chi connectivity index (χ0n) is 17.9. The summed E-state index contributed by atoms with van der Waals surface area (Å²) in [7, 11) is 0. The number of aryl methyl sites for hydroxylation is 1. The van der Waals surface area contributed by atoms with Crippen LogP contribution in [0.15, 0.2) is 54.9 Å². The Morgan fingerprint density at radius 2 is 1.94 bits per heavy atom. The number of nitrogens with one attached hydrogen (secondary N) is 1. The summed E-state index contributed by atoms with van der Waals surface area (Å²) in [5.41, 5.74) is 1.69. The van der Waals surface area contributed by atoms with E-state index in [0.717, 1.165) is 30.8 Å². The Labute approximate surface area is 188 Å². The maximum atomic E-state index is 13.6. The number of piperidine rings is 1. The van der Waals surface area contributed by atoms with E-state index in [1.165, 1.54) is 6.07 Å². The van der Waals surface area contributed by atoms with Crippen molar-refractivity contribution in [1.29, 1.82) is 0 Å². The van der Waals surface area contributed by atoms with E-state index in [-0.39, 0.29) is 18.0 Å². The van der Waals surface area contributed by atoms with E-state index in [0.29, 0.717) is 35.2 Å². The summed E-state index contributed by atoms with van der Waals surface area (Å²) < 4.78 is 38.5. The van der Waals surface area contributed by atoms with Crippen molar-refractivity contribution in [2.24, 2.45) is 5.92 Å². The number of amides is 1. The largest absolute Gasteiger partial charge is 0.417 e. The van der Waals surface area contributed by atoms with Gasteiger partial charge in [0.15, 0.2) is 0 Å². The molecule has 1 saturated carbocycles. The number of pyridine rings is 3. The molecule has 2 fully saturated rings. The van der Waals surface area contributed by atoms with Gasteiger partial charge >= 0.3 is 6.18 Å². The lowest BCUT2D eigenvalue weighted by Gasteiger charge is -2.34. The number of alkyl halides is 3. The Morgan fingerprint density at radius 3 is 2.61 bits per heavy atom. The highest BCUT2D eigenvalue weighted by molar-refractivity contribution is 5.99. The first-order valence-corrected chi connectivity index (χ1v) is 10.8. The molecule has 2 bridgehead atoms. The zero-order valence-corrected chi connectivity index (χ0v) is 17.9. The minimum Gasteiger partial charge on any atom is -0.365 e. The third-order valence-corrected chi connectivity index (χ3v) is 6.34. The second-order valence-corrected chi connectivity index (χ2v) is 8.61. The lowest BCUT2D eigenvalue weighted by atomic mass is 10.0. The van der Waals surface area contributed by atoms with Crippen LogP contribution in [0.1, 0.15) is 34.6 Å². The van der Waals surface area contributed by atoms with Crippen molar-refractivity contribution in [1.82, 2.24) is 19.9 Å². The number of carbonyl (C=O) groups excluding carboxylic acids is 1. The van der Waals surface area contributed by atoms with E-state index in [1.54, 1.807) is 6.20 Å². The van der Waals surface area contributed by atoms with Crippen molar-refractivity contribution in [3.63, 3.8) is 0 Å². The third kappa shape index (κ3) is 4.15. The normalized spacial score (nSPS) is 21.9. The van der Waals surface area contributed by atoms with Crippen LogP contribution >= 0.6 is 0 Å². The van der Waals surface area contributed by atoms with Crippen LogP contribution in [0, 0.1) is 12.8 Å². The molecule has 3 atom stereocenters. The molecule has 1 aliphatic carbocycles. The Bertz CT molecular complexity index is 1170. The van der Waals surface area contributed by atoms with Crippen LogP contribution in [0.3, 0.4) is 0 Å². The van der Waals surface area contributed by atoms with Gasteiger partial charge in [0.1, 0.15) is 11.5 Å². The molecule has 1 N–H and O–H groups in total. The van der Waals surface area contributed by atoms with Gasteiger partial charge in [0.25, 0.3) is 5.91 Å². The third-order valence-electron chi connectivity index (χ3n) is 6.34. The monoisotopic (exact) mass is 453 g/mol. The zero-order chi connectivity index (χ0) is 23.2. The summed E-state index contributed by atoms with van der Waals surface area (Å²) in [4.78, 5) is 28.3. The standard InChI is InChI=1S/C24H22F3N5O/c1-14-5-7-17(18-4-2-3-9-28-18)22(30-14)23(33)32-13-15-10-19(20(32)11-15)31-21-8-6-16(12-29-21)24(25,26)27/h2-9,12,15,19-20H,10-11,13H2,1H3,(H,29,31)/t15-,19-,20+/m1/s1. The van der Waals surface area contributed by atoms with Crippen molar-refractivity contribution < 1.29 is 18.0 Å². The van der Waals surface area contributed by atoms with E-state index < -0.39 is 11.7 Å². The first kappa shape index (κ1) is 21.4. The number of fused-ring (bicyclic) bond motifs is 2. The van der Waals surface area contributed by atoms with Gasteiger partial charge in [-0.2, -0.15) is 13.2 Å². The lowest BCUT2D eigenvalue weighted by Crippen LogP contribution is -2.48. The van der Waals surface area contributed by atoms with Crippen molar-refractivity contribution in [3.05, 3.63) is 71.8 Å². The smallest absolute Gasteiger partial charge is 0.365 e. The van der Waals surface area contributed by atoms with Crippen LogP contribution in [0.2, 0.25) is 0 Å². The number of aromatic nitrogens is 3. The predicted molar refractivity (Wildman–Crippen MR) is 116 cm³/mol. The first-order chi connectivity index (χ1) is 15.8. The van der Waals surface area contributed by atoms with E-state index in [2.05, 4.69) is 20.3 Å². The molecule has 0 aromatic carbocycles. The summed E-state index contributed by atoms with van der Waals surface area (Å²) in [6.07, 6.45) is -0.236. The summed E-state index contributed by atoms with van der Waals surface area (Å²) in [5.74, 6) is 0.545. The Morgan fingerprint density at radius 1 is 1.09 bits per heavy atom. The number of halogens is 3. The number of nitrogens with zero attached hydrogens (tertiary/aromatic N) is 4. The maximum Gasteiger partial charge on any atom is 0.417 e. The van der Waals surface area contributed by atoms with Crippen LogP contribution in [0.5, 0.6) is 0 Å². The highest BCUT2D eigenvalue weighted by atomic mass is 19.4. The molecule has 0 unspecified atom stereocenters. The maximum absolute atomic E-state index is 13.6. The number of hydrogen-bond acceptors (Lipinski definition) is 5. The van der Waals surface area contributed by atoms with Gasteiger partial charge in [0, 0.05) is 36.2 Å². The molecule has 6 nitrogen and oxygen atoms in total. The van der Waals surface area contributed by atoms with Gasteiger partial charge in [-0.25, -0.2) is 9.97 Å². The van der Waals surface area contributed by atoms with Crippen molar-refractivity contribution in [2.75, 3.05) is 11.9 Å². The second kappa shape index (κ2) is 8.13. The average molecular weight is 453 g/mol. The summed E-state index contributed by atoms with van der Waals surface area (Å²) in [6, 6.07) is 11.4. The molecule has 1 saturated heterocycles. The second-order valence-electron chi connectivity index (χ2n) is 8.61. The molecule has 5 rings (SSSR count). The summed E-state index contributed by atoms with van der Waals surface area (Å²) >= 11 is 0. The van der Waals surface area contributed by atoms with Crippen LogP contribution in [-0.4, -0.2) is 44.4 Å². The SMILES string of the molecule is Cc1ccc(-c2ccccn2)c(C(=O)N2C[C@@H]3C[C@@H](Nc4ccc(C(F)(F)F)cn4)[C@@H]2C3)n1. The van der Waals surface area contributed by atoms with Crippen molar-refractivity contribution >= 4 is 11.7 Å². The number of carbonyl (C=O) groups is 1. The molecule has 3 aromatic rings. The predicted octanol–water partition coefficient (Wildman–Crippen LogP) is 4.58. The highest BCUT2D eigenvalue weighted by Crippen LogP contribution is 2.40.